The van der Waals surface area contributed by atoms with Gasteiger partial charge in [0.2, 0.25) is 15.9 Å². The number of halogens is 1. The molecule has 10 heteroatoms. The predicted octanol–water partition coefficient (Wildman–Crippen LogP) is 2.71. The lowest BCUT2D eigenvalue weighted by atomic mass is 10.1. The lowest BCUT2D eigenvalue weighted by Gasteiger charge is -2.19. The molecule has 0 radical (unpaired) electrons. The summed E-state index contributed by atoms with van der Waals surface area (Å²) in [5.41, 5.74) is 0.669. The van der Waals surface area contributed by atoms with Crippen LogP contribution in [0.3, 0.4) is 0 Å². The first-order valence-electron chi connectivity index (χ1n) is 10.8. The van der Waals surface area contributed by atoms with Crippen LogP contribution < -0.4 is 14.8 Å². The van der Waals surface area contributed by atoms with Gasteiger partial charge in [0.15, 0.2) is 11.6 Å². The van der Waals surface area contributed by atoms with Gasteiger partial charge in [-0.1, -0.05) is 19.4 Å². The van der Waals surface area contributed by atoms with E-state index in [0.717, 1.165) is 12.8 Å². The second-order valence-corrected chi connectivity index (χ2v) is 10.1. The van der Waals surface area contributed by atoms with Crippen molar-refractivity contribution in [3.63, 3.8) is 0 Å². The smallest absolute Gasteiger partial charge is 0.324 e. The number of nitrogens with one attached hydrogen (secondary N) is 2. The number of hydrogen-bond acceptors (Lipinski definition) is 5. The second-order valence-electron chi connectivity index (χ2n) is 8.18. The van der Waals surface area contributed by atoms with Crippen LogP contribution in [0.1, 0.15) is 57.1 Å². The number of carbonyl (C=O) groups excluding carboxylic acids is 2. The lowest BCUT2D eigenvalue weighted by Crippen LogP contribution is -2.31. The van der Waals surface area contributed by atoms with Crippen molar-refractivity contribution in [2.75, 3.05) is 25.4 Å². The third-order valence-electron chi connectivity index (χ3n) is 5.47. The first kappa shape index (κ1) is 23.5. The number of nitrogens with zero attached hydrogens (tertiary/aromatic N) is 1. The highest BCUT2D eigenvalue weighted by molar-refractivity contribution is 7.89. The number of hydrogen-bond donors (Lipinski definition) is 2. The summed E-state index contributed by atoms with van der Waals surface area (Å²) in [5.74, 6) is -0.156. The van der Waals surface area contributed by atoms with Gasteiger partial charge in [0, 0.05) is 12.6 Å². The van der Waals surface area contributed by atoms with Gasteiger partial charge in [-0.3, -0.25) is 10.1 Å². The average Bonchev–Trinajstić information content (AvgIpc) is 3.49. The maximum absolute atomic E-state index is 14.0. The number of rotatable bonds is 13. The zero-order chi connectivity index (χ0) is 22.4. The monoisotopic (exact) mass is 455 g/mol. The first-order chi connectivity index (χ1) is 14.8. The van der Waals surface area contributed by atoms with Crippen LogP contribution in [0.15, 0.2) is 18.2 Å². The lowest BCUT2D eigenvalue weighted by molar-refractivity contribution is -0.118. The Kier molecular flexibility index (Phi) is 7.88. The van der Waals surface area contributed by atoms with Crippen LogP contribution in [0, 0.1) is 11.7 Å². The van der Waals surface area contributed by atoms with Gasteiger partial charge in [0.25, 0.3) is 0 Å². The van der Waals surface area contributed by atoms with Crippen LogP contribution in [-0.4, -0.2) is 50.7 Å². The topological polar surface area (TPSA) is 105 Å². The van der Waals surface area contributed by atoms with E-state index < -0.39 is 27.9 Å². The molecule has 2 aliphatic rings. The van der Waals surface area contributed by atoms with Gasteiger partial charge >= 0.3 is 6.03 Å². The van der Waals surface area contributed by atoms with Crippen molar-refractivity contribution in [1.29, 1.82) is 0 Å². The molecular formula is C21H30FN3O5S. The third-order valence-corrected chi connectivity index (χ3v) is 6.94. The summed E-state index contributed by atoms with van der Waals surface area (Å²) in [6.07, 6.45) is 4.39. The van der Waals surface area contributed by atoms with Gasteiger partial charge in [-0.05, 0) is 55.7 Å². The Morgan fingerprint density at radius 1 is 1.26 bits per heavy atom. The third kappa shape index (κ3) is 7.17. The quantitative estimate of drug-likeness (QED) is 0.352. The normalized spacial score (nSPS) is 17.7. The molecule has 1 aliphatic carbocycles. The molecule has 1 saturated heterocycles. The molecule has 0 spiro atoms. The molecule has 0 bridgehead atoms. The van der Waals surface area contributed by atoms with Crippen molar-refractivity contribution in [2.24, 2.45) is 5.92 Å². The number of sulfonamides is 1. The molecule has 1 aromatic carbocycles. The summed E-state index contributed by atoms with van der Waals surface area (Å²) < 4.78 is 47.4. The van der Waals surface area contributed by atoms with Crippen molar-refractivity contribution < 1.29 is 27.1 Å². The zero-order valence-corrected chi connectivity index (χ0v) is 18.5. The number of benzene rings is 1. The minimum Gasteiger partial charge on any atom is -0.490 e. The highest BCUT2D eigenvalue weighted by atomic mass is 32.2. The number of carbonyl (C=O) groups is 2. The molecule has 3 amide bonds. The van der Waals surface area contributed by atoms with E-state index in [1.165, 1.54) is 11.0 Å². The number of imide groups is 1. The molecule has 172 valence electrons. The summed E-state index contributed by atoms with van der Waals surface area (Å²) in [6.45, 7) is 2.82. The van der Waals surface area contributed by atoms with Crippen LogP contribution in [0.2, 0.25) is 0 Å². The highest BCUT2D eigenvalue weighted by Gasteiger charge is 2.26. The first-order valence-corrected chi connectivity index (χ1v) is 12.4. The molecule has 0 aromatic heterocycles. The molecule has 1 atom stereocenters. The molecule has 8 nitrogen and oxygen atoms in total. The summed E-state index contributed by atoms with van der Waals surface area (Å²) in [6, 6.07) is 3.61. The Labute approximate surface area is 182 Å². The zero-order valence-electron chi connectivity index (χ0n) is 17.7. The minimum atomic E-state index is -3.53. The van der Waals surface area contributed by atoms with E-state index in [4.69, 9.17) is 4.74 Å². The molecule has 1 aliphatic heterocycles. The van der Waals surface area contributed by atoms with E-state index in [0.29, 0.717) is 50.3 Å². The fourth-order valence-electron chi connectivity index (χ4n) is 3.44. The summed E-state index contributed by atoms with van der Waals surface area (Å²) in [5, 5.41) is 2.21. The Morgan fingerprint density at radius 3 is 2.68 bits per heavy atom. The summed E-state index contributed by atoms with van der Waals surface area (Å²) in [4.78, 5) is 24.0. The van der Waals surface area contributed by atoms with Gasteiger partial charge < -0.3 is 9.64 Å². The van der Waals surface area contributed by atoms with Crippen molar-refractivity contribution >= 4 is 22.0 Å². The van der Waals surface area contributed by atoms with Gasteiger partial charge in [-0.2, -0.15) is 0 Å². The predicted molar refractivity (Wildman–Crippen MR) is 114 cm³/mol. The molecule has 1 aromatic rings. The molecule has 3 rings (SSSR count). The molecule has 2 fully saturated rings. The molecule has 2 N–H and O–H groups in total. The van der Waals surface area contributed by atoms with E-state index >= 15 is 0 Å². The van der Waals surface area contributed by atoms with E-state index in [9.17, 15) is 22.4 Å². The van der Waals surface area contributed by atoms with Crippen molar-refractivity contribution in [3.8, 4) is 5.75 Å². The standard InChI is InChI=1S/C21H30FN3O5S/c1-2-18(16-8-9-17(22)19(12-16)30-14-15-6-7-15)24-31(28,29)11-5-3-4-10-25-13-20(26)23-21(25)27/h8-9,12,15,18,24H,2-7,10-11,13-14H2,1H3,(H,23,26,27). The maximum atomic E-state index is 14.0. The summed E-state index contributed by atoms with van der Waals surface area (Å²) >= 11 is 0. The van der Waals surface area contributed by atoms with Gasteiger partial charge in [-0.15, -0.1) is 0 Å². The Bertz CT molecular complexity index is 904. The van der Waals surface area contributed by atoms with Crippen molar-refractivity contribution in [1.82, 2.24) is 14.9 Å². The average molecular weight is 456 g/mol. The SMILES string of the molecule is CCC(NS(=O)(=O)CCCCCN1CC(=O)NC1=O)c1ccc(F)c(OCC2CC2)c1. The maximum Gasteiger partial charge on any atom is 0.324 e. The second kappa shape index (κ2) is 10.4. The number of amides is 3. The number of urea groups is 1. The fourth-order valence-corrected chi connectivity index (χ4v) is 4.88. The van der Waals surface area contributed by atoms with Crippen LogP contribution in [0.4, 0.5) is 9.18 Å². The minimum absolute atomic E-state index is 0.0408. The fraction of sp³-hybridized carbons (Fsp3) is 0.619. The Morgan fingerprint density at radius 2 is 2.03 bits per heavy atom. The summed E-state index contributed by atoms with van der Waals surface area (Å²) in [7, 11) is -3.53. The number of ether oxygens (including phenoxy) is 1. The largest absolute Gasteiger partial charge is 0.490 e. The van der Waals surface area contributed by atoms with E-state index in [2.05, 4.69) is 10.0 Å². The van der Waals surface area contributed by atoms with E-state index in [1.807, 2.05) is 6.92 Å². The van der Waals surface area contributed by atoms with Gasteiger partial charge in [-0.25, -0.2) is 22.3 Å². The Balaban J connectivity index is 1.46. The van der Waals surface area contributed by atoms with Crippen LogP contribution in [0.25, 0.3) is 0 Å². The van der Waals surface area contributed by atoms with Crippen LogP contribution in [-0.2, 0) is 14.8 Å². The Hall–Kier alpha value is -2.20. The van der Waals surface area contributed by atoms with Gasteiger partial charge in [0.05, 0.1) is 12.4 Å². The van der Waals surface area contributed by atoms with E-state index in [1.54, 1.807) is 12.1 Å². The highest BCUT2D eigenvalue weighted by Crippen LogP contribution is 2.31. The van der Waals surface area contributed by atoms with Gasteiger partial charge in [0.1, 0.15) is 6.54 Å². The number of unbranched alkanes of at least 4 members (excludes halogenated alkanes) is 2. The van der Waals surface area contributed by atoms with Crippen LogP contribution in [0.5, 0.6) is 5.75 Å². The van der Waals surface area contributed by atoms with Crippen molar-refractivity contribution in [3.05, 3.63) is 29.6 Å². The molecule has 1 heterocycles. The van der Waals surface area contributed by atoms with E-state index in [-0.39, 0.29) is 24.0 Å². The van der Waals surface area contributed by atoms with Crippen LogP contribution >= 0.6 is 0 Å². The molecule has 31 heavy (non-hydrogen) atoms. The molecule has 1 unspecified atom stereocenters. The molecule has 1 saturated carbocycles. The molecular weight excluding hydrogens is 425 g/mol. The van der Waals surface area contributed by atoms with Crippen molar-refractivity contribution in [2.45, 2.75) is 51.5 Å².